The standard InChI is InChI=1S/C24H27N5O4S/c1-15(30)28-8-10-29(11-9-28)18-5-3-17(4-6-18)26-24-27-23(25)22(34-24)21(31)16-2-7-19-20(14-16)33-13-12-32-19/h2-7,14-15,30H,8-13,25H2,1H3,(H,26,27). The van der Waals surface area contributed by atoms with Crippen LogP contribution in [0.2, 0.25) is 0 Å². The number of fused-ring (bicyclic) bond motifs is 1. The number of nitrogens with two attached hydrogens (primary N) is 1. The minimum Gasteiger partial charge on any atom is -0.486 e. The van der Waals surface area contributed by atoms with E-state index in [4.69, 9.17) is 15.2 Å². The second-order valence-corrected chi connectivity index (χ2v) is 9.25. The number of carbonyl (C=O) groups is 1. The number of anilines is 4. The SMILES string of the molecule is CC(O)N1CCN(c2ccc(Nc3nc(N)c(C(=O)c4ccc5c(c4)OCCO5)s3)cc2)CC1. The van der Waals surface area contributed by atoms with Crippen LogP contribution in [0.1, 0.15) is 22.2 Å². The van der Waals surface area contributed by atoms with Crippen molar-refractivity contribution in [2.24, 2.45) is 0 Å². The molecule has 3 heterocycles. The number of aromatic nitrogens is 1. The Hall–Kier alpha value is -3.34. The molecule has 1 unspecified atom stereocenters. The number of hydrogen-bond donors (Lipinski definition) is 3. The molecule has 10 heteroatoms. The average Bonchev–Trinajstić information content (AvgIpc) is 3.23. The summed E-state index contributed by atoms with van der Waals surface area (Å²) in [5.41, 5.74) is 8.55. The molecule has 0 radical (unpaired) electrons. The van der Waals surface area contributed by atoms with Crippen molar-refractivity contribution in [1.29, 1.82) is 0 Å². The van der Waals surface area contributed by atoms with Crippen LogP contribution < -0.4 is 25.4 Å². The van der Waals surface area contributed by atoms with Crippen molar-refractivity contribution in [2.45, 2.75) is 13.2 Å². The first-order valence-electron chi connectivity index (χ1n) is 11.2. The van der Waals surface area contributed by atoms with E-state index in [0.29, 0.717) is 40.3 Å². The minimum atomic E-state index is -0.411. The van der Waals surface area contributed by atoms with Gasteiger partial charge in [0.25, 0.3) is 0 Å². The Morgan fingerprint density at radius 3 is 2.50 bits per heavy atom. The molecule has 1 fully saturated rings. The molecule has 34 heavy (non-hydrogen) atoms. The van der Waals surface area contributed by atoms with E-state index in [1.807, 2.05) is 12.1 Å². The maximum Gasteiger partial charge on any atom is 0.206 e. The number of nitrogen functional groups attached to an aromatic ring is 1. The molecule has 9 nitrogen and oxygen atoms in total. The predicted octanol–water partition coefficient (Wildman–Crippen LogP) is 2.93. The Bertz CT molecular complexity index is 1170. The van der Waals surface area contributed by atoms with Crippen LogP contribution in [-0.2, 0) is 0 Å². The number of ether oxygens (including phenoxy) is 2. The number of nitrogens with one attached hydrogen (secondary N) is 1. The van der Waals surface area contributed by atoms with Crippen molar-refractivity contribution in [1.82, 2.24) is 9.88 Å². The lowest BCUT2D eigenvalue weighted by molar-refractivity contribution is 0.0153. The smallest absolute Gasteiger partial charge is 0.206 e. The van der Waals surface area contributed by atoms with Crippen molar-refractivity contribution >= 4 is 39.4 Å². The fraction of sp³-hybridized carbons (Fsp3) is 0.333. The van der Waals surface area contributed by atoms with Crippen molar-refractivity contribution < 1.29 is 19.4 Å². The molecule has 4 N–H and O–H groups in total. The van der Waals surface area contributed by atoms with Crippen LogP contribution in [0.15, 0.2) is 42.5 Å². The molecule has 5 rings (SSSR count). The Balaban J connectivity index is 1.25. The summed E-state index contributed by atoms with van der Waals surface area (Å²) in [5, 5.41) is 13.5. The lowest BCUT2D eigenvalue weighted by atomic mass is 10.1. The largest absolute Gasteiger partial charge is 0.486 e. The lowest BCUT2D eigenvalue weighted by Crippen LogP contribution is -2.49. The number of nitrogens with zero attached hydrogens (tertiary/aromatic N) is 3. The molecule has 0 bridgehead atoms. The Morgan fingerprint density at radius 1 is 1.09 bits per heavy atom. The molecule has 2 aromatic carbocycles. The number of carbonyl (C=O) groups excluding carboxylic acids is 1. The van der Waals surface area contributed by atoms with Gasteiger partial charge in [-0.05, 0) is 49.4 Å². The number of rotatable bonds is 6. The van der Waals surface area contributed by atoms with E-state index in [1.165, 1.54) is 11.3 Å². The highest BCUT2D eigenvalue weighted by atomic mass is 32.1. The second kappa shape index (κ2) is 9.49. The third-order valence-electron chi connectivity index (χ3n) is 5.99. The minimum absolute atomic E-state index is 0.194. The number of benzene rings is 2. The summed E-state index contributed by atoms with van der Waals surface area (Å²) in [6.07, 6.45) is -0.411. The van der Waals surface area contributed by atoms with Gasteiger partial charge < -0.3 is 30.5 Å². The van der Waals surface area contributed by atoms with Crippen LogP contribution in [0.4, 0.5) is 22.3 Å². The number of aliphatic hydroxyl groups excluding tert-OH is 1. The monoisotopic (exact) mass is 481 g/mol. The fourth-order valence-electron chi connectivity index (χ4n) is 4.10. The van der Waals surface area contributed by atoms with Crippen LogP contribution in [0, 0.1) is 0 Å². The molecule has 0 amide bonds. The van der Waals surface area contributed by atoms with Crippen LogP contribution in [0.5, 0.6) is 11.5 Å². The van der Waals surface area contributed by atoms with Crippen molar-refractivity contribution in [3.63, 3.8) is 0 Å². The summed E-state index contributed by atoms with van der Waals surface area (Å²) in [6, 6.07) is 13.2. The molecule has 0 aliphatic carbocycles. The Kier molecular flexibility index (Phi) is 6.27. The molecule has 2 aliphatic rings. The number of thiazole rings is 1. The lowest BCUT2D eigenvalue weighted by Gasteiger charge is -2.37. The highest BCUT2D eigenvalue weighted by Gasteiger charge is 2.22. The predicted molar refractivity (Wildman–Crippen MR) is 133 cm³/mol. The van der Waals surface area contributed by atoms with E-state index in [-0.39, 0.29) is 11.6 Å². The molecule has 2 aliphatic heterocycles. The zero-order chi connectivity index (χ0) is 23.7. The van der Waals surface area contributed by atoms with Gasteiger partial charge >= 0.3 is 0 Å². The second-order valence-electron chi connectivity index (χ2n) is 8.25. The van der Waals surface area contributed by atoms with Crippen LogP contribution >= 0.6 is 11.3 Å². The number of piperazine rings is 1. The van der Waals surface area contributed by atoms with Crippen LogP contribution in [-0.4, -0.2) is 66.4 Å². The zero-order valence-electron chi connectivity index (χ0n) is 18.9. The van der Waals surface area contributed by atoms with Crippen LogP contribution in [0.3, 0.4) is 0 Å². The van der Waals surface area contributed by atoms with Gasteiger partial charge in [-0.1, -0.05) is 11.3 Å². The van der Waals surface area contributed by atoms with Crippen molar-refractivity contribution in [3.05, 3.63) is 52.9 Å². The first kappa shape index (κ1) is 22.5. The summed E-state index contributed by atoms with van der Waals surface area (Å²) in [7, 11) is 0. The summed E-state index contributed by atoms with van der Waals surface area (Å²) in [6.45, 7) is 6.15. The third-order valence-corrected chi connectivity index (χ3v) is 6.98. The van der Waals surface area contributed by atoms with E-state index >= 15 is 0 Å². The van der Waals surface area contributed by atoms with Gasteiger partial charge in [0.15, 0.2) is 16.6 Å². The first-order valence-corrected chi connectivity index (χ1v) is 12.0. The number of hydrogen-bond acceptors (Lipinski definition) is 10. The molecular formula is C24H27N5O4S. The summed E-state index contributed by atoms with van der Waals surface area (Å²) in [5.74, 6) is 1.19. The normalized spacial score (nSPS) is 16.8. The Labute approximate surface area is 201 Å². The van der Waals surface area contributed by atoms with Crippen molar-refractivity contribution in [2.75, 3.05) is 55.3 Å². The molecular weight excluding hydrogens is 454 g/mol. The zero-order valence-corrected chi connectivity index (χ0v) is 19.7. The van der Waals surface area contributed by atoms with Gasteiger partial charge in [-0.2, -0.15) is 0 Å². The third kappa shape index (κ3) is 4.65. The number of ketones is 1. The molecule has 1 aromatic heterocycles. The van der Waals surface area contributed by atoms with Gasteiger partial charge in [0, 0.05) is 43.1 Å². The van der Waals surface area contributed by atoms with Crippen LogP contribution in [0.25, 0.3) is 0 Å². The van der Waals surface area contributed by atoms with Crippen molar-refractivity contribution in [3.8, 4) is 11.5 Å². The average molecular weight is 482 g/mol. The molecule has 3 aromatic rings. The molecule has 0 spiro atoms. The first-order chi connectivity index (χ1) is 16.5. The maximum absolute atomic E-state index is 13.0. The maximum atomic E-state index is 13.0. The van der Waals surface area contributed by atoms with E-state index in [2.05, 4.69) is 32.2 Å². The van der Waals surface area contributed by atoms with E-state index in [0.717, 1.165) is 37.6 Å². The molecule has 178 valence electrons. The summed E-state index contributed by atoms with van der Waals surface area (Å²) < 4.78 is 11.1. The van der Waals surface area contributed by atoms with E-state index in [9.17, 15) is 9.90 Å². The highest BCUT2D eigenvalue weighted by Crippen LogP contribution is 2.34. The van der Waals surface area contributed by atoms with Gasteiger partial charge in [-0.25, -0.2) is 4.98 Å². The molecule has 1 saturated heterocycles. The topological polar surface area (TPSA) is 113 Å². The summed E-state index contributed by atoms with van der Waals surface area (Å²) in [4.78, 5) is 22.1. The van der Waals surface area contributed by atoms with Gasteiger partial charge in [-0.3, -0.25) is 9.69 Å². The van der Waals surface area contributed by atoms with Gasteiger partial charge in [0.2, 0.25) is 5.78 Å². The summed E-state index contributed by atoms with van der Waals surface area (Å²) >= 11 is 1.22. The Morgan fingerprint density at radius 2 is 1.79 bits per heavy atom. The van der Waals surface area contributed by atoms with Gasteiger partial charge in [0.1, 0.15) is 30.1 Å². The fourth-order valence-corrected chi connectivity index (χ4v) is 4.96. The van der Waals surface area contributed by atoms with Gasteiger partial charge in [-0.15, -0.1) is 0 Å². The highest BCUT2D eigenvalue weighted by molar-refractivity contribution is 7.18. The van der Waals surface area contributed by atoms with E-state index in [1.54, 1.807) is 25.1 Å². The van der Waals surface area contributed by atoms with Gasteiger partial charge in [0.05, 0.1) is 0 Å². The molecule has 1 atom stereocenters. The quantitative estimate of drug-likeness (QED) is 0.457. The number of aliphatic hydroxyl groups is 1. The molecule has 0 saturated carbocycles. The van der Waals surface area contributed by atoms with E-state index < -0.39 is 6.23 Å².